The summed E-state index contributed by atoms with van der Waals surface area (Å²) in [6.07, 6.45) is 1.43. The van der Waals surface area contributed by atoms with Gasteiger partial charge in [0.05, 0.1) is 16.3 Å². The van der Waals surface area contributed by atoms with E-state index in [9.17, 15) is 4.79 Å². The van der Waals surface area contributed by atoms with Crippen molar-refractivity contribution in [2.45, 2.75) is 0 Å². The van der Waals surface area contributed by atoms with Crippen LogP contribution in [0, 0.1) is 0 Å². The zero-order chi connectivity index (χ0) is 16.8. The molecule has 0 radical (unpaired) electrons. The molecule has 0 saturated carbocycles. The van der Waals surface area contributed by atoms with Crippen LogP contribution in [0.15, 0.2) is 41.5 Å². The average molecular weight is 392 g/mol. The van der Waals surface area contributed by atoms with Gasteiger partial charge in [0, 0.05) is 15.6 Å². The minimum absolute atomic E-state index is 0.183. The predicted octanol–water partition coefficient (Wildman–Crippen LogP) is 4.83. The highest BCUT2D eigenvalue weighted by molar-refractivity contribution is 6.40. The van der Waals surface area contributed by atoms with Crippen LogP contribution < -0.4 is 10.2 Å². The van der Waals surface area contributed by atoms with Crippen molar-refractivity contribution in [3.63, 3.8) is 0 Å². The molecule has 1 N–H and O–H groups in total. The first-order valence-electron chi connectivity index (χ1n) is 6.31. The molecule has 0 aromatic heterocycles. The molecule has 2 aromatic rings. The van der Waals surface area contributed by atoms with Gasteiger partial charge in [0.1, 0.15) is 0 Å². The van der Waals surface area contributed by atoms with Crippen molar-refractivity contribution >= 4 is 58.5 Å². The van der Waals surface area contributed by atoms with Crippen molar-refractivity contribution in [2.24, 2.45) is 5.10 Å². The molecule has 0 saturated heterocycles. The summed E-state index contributed by atoms with van der Waals surface area (Å²) in [7, 11) is 0. The number of benzene rings is 2. The van der Waals surface area contributed by atoms with Crippen LogP contribution in [0.4, 0.5) is 0 Å². The Morgan fingerprint density at radius 1 is 1.09 bits per heavy atom. The Morgan fingerprint density at radius 3 is 2.39 bits per heavy atom. The normalized spacial score (nSPS) is 10.8. The quantitative estimate of drug-likeness (QED) is 0.586. The van der Waals surface area contributed by atoms with Gasteiger partial charge in [-0.1, -0.05) is 64.6 Å². The van der Waals surface area contributed by atoms with Gasteiger partial charge in [-0.15, -0.1) is 0 Å². The fraction of sp³-hybridized carbons (Fsp3) is 0.0667. The molecule has 2 rings (SSSR count). The van der Waals surface area contributed by atoms with E-state index in [2.05, 4.69) is 10.5 Å². The highest BCUT2D eigenvalue weighted by Gasteiger charge is 2.11. The van der Waals surface area contributed by atoms with Crippen LogP contribution in [0.2, 0.25) is 20.1 Å². The molecule has 0 aliphatic rings. The lowest BCUT2D eigenvalue weighted by Gasteiger charge is -2.09. The summed E-state index contributed by atoms with van der Waals surface area (Å²) < 4.78 is 5.28. The third kappa shape index (κ3) is 5.29. The van der Waals surface area contributed by atoms with E-state index in [1.165, 1.54) is 18.3 Å². The first kappa shape index (κ1) is 17.9. The minimum atomic E-state index is -0.476. The third-order valence-corrected chi connectivity index (χ3v) is 3.73. The number of carbonyl (C=O) groups excluding carboxylic acids is 1. The monoisotopic (exact) mass is 390 g/mol. The second kappa shape index (κ2) is 8.41. The molecule has 0 aliphatic heterocycles. The maximum atomic E-state index is 11.7. The average Bonchev–Trinajstić information content (AvgIpc) is 2.48. The van der Waals surface area contributed by atoms with E-state index in [4.69, 9.17) is 51.1 Å². The maximum absolute atomic E-state index is 11.7. The van der Waals surface area contributed by atoms with Gasteiger partial charge in [-0.2, -0.15) is 5.10 Å². The van der Waals surface area contributed by atoms with Crippen molar-refractivity contribution in [2.75, 3.05) is 6.61 Å². The van der Waals surface area contributed by atoms with Crippen LogP contribution >= 0.6 is 46.4 Å². The van der Waals surface area contributed by atoms with E-state index < -0.39 is 5.91 Å². The van der Waals surface area contributed by atoms with Crippen molar-refractivity contribution < 1.29 is 9.53 Å². The lowest BCUT2D eigenvalue weighted by atomic mass is 10.2. The standard InChI is InChI=1S/C15H10Cl4N2O2/c16-10-5-12(18)15(13(19)6-10)23-8-14(22)21-20-7-9-3-1-2-4-11(9)17/h1-7H,8H2,(H,21,22). The van der Waals surface area contributed by atoms with Gasteiger partial charge >= 0.3 is 0 Å². The van der Waals surface area contributed by atoms with Crippen molar-refractivity contribution in [1.29, 1.82) is 0 Å². The molecule has 0 fully saturated rings. The summed E-state index contributed by atoms with van der Waals surface area (Å²) in [6.45, 7) is -0.305. The Morgan fingerprint density at radius 2 is 1.74 bits per heavy atom. The molecule has 0 aliphatic carbocycles. The van der Waals surface area contributed by atoms with Gasteiger partial charge in [0.15, 0.2) is 12.4 Å². The summed E-state index contributed by atoms with van der Waals surface area (Å²) in [5, 5.41) is 5.14. The molecule has 0 spiro atoms. The number of nitrogens with zero attached hydrogens (tertiary/aromatic N) is 1. The Hall–Kier alpha value is -1.46. The van der Waals surface area contributed by atoms with E-state index in [0.29, 0.717) is 15.6 Å². The Balaban J connectivity index is 1.90. The molecule has 120 valence electrons. The van der Waals surface area contributed by atoms with Crippen LogP contribution in [-0.2, 0) is 4.79 Å². The SMILES string of the molecule is O=C(COc1c(Cl)cc(Cl)cc1Cl)NN=Cc1ccccc1Cl. The van der Waals surface area contributed by atoms with Crippen molar-refractivity contribution in [3.8, 4) is 5.75 Å². The molecule has 1 amide bonds. The fourth-order valence-electron chi connectivity index (χ4n) is 1.59. The number of nitrogens with one attached hydrogen (secondary N) is 1. The minimum Gasteiger partial charge on any atom is -0.481 e. The number of carbonyl (C=O) groups is 1. The van der Waals surface area contributed by atoms with Gasteiger partial charge < -0.3 is 4.74 Å². The third-order valence-electron chi connectivity index (χ3n) is 2.61. The Bertz CT molecular complexity index is 727. The van der Waals surface area contributed by atoms with E-state index >= 15 is 0 Å². The lowest BCUT2D eigenvalue weighted by Crippen LogP contribution is -2.24. The molecule has 4 nitrogen and oxygen atoms in total. The highest BCUT2D eigenvalue weighted by Crippen LogP contribution is 2.35. The Kier molecular flexibility index (Phi) is 6.54. The molecule has 0 unspecified atom stereocenters. The fourth-order valence-corrected chi connectivity index (χ4v) is 2.70. The summed E-state index contributed by atoms with van der Waals surface area (Å²) in [5.41, 5.74) is 2.99. The molecule has 23 heavy (non-hydrogen) atoms. The van der Waals surface area contributed by atoms with Crippen molar-refractivity contribution in [3.05, 3.63) is 62.1 Å². The summed E-state index contributed by atoms with van der Waals surface area (Å²) in [5.74, 6) is -0.293. The summed E-state index contributed by atoms with van der Waals surface area (Å²) >= 11 is 23.7. The zero-order valence-corrected chi connectivity index (χ0v) is 14.5. The second-order valence-corrected chi connectivity index (χ2v) is 5.96. The van der Waals surface area contributed by atoms with Crippen LogP contribution in [0.3, 0.4) is 0 Å². The summed E-state index contributed by atoms with van der Waals surface area (Å²) in [6, 6.07) is 10.0. The zero-order valence-electron chi connectivity index (χ0n) is 11.5. The van der Waals surface area contributed by atoms with Gasteiger partial charge in [-0.3, -0.25) is 4.79 Å². The highest BCUT2D eigenvalue weighted by atomic mass is 35.5. The number of rotatable bonds is 5. The van der Waals surface area contributed by atoms with Crippen LogP contribution in [0.5, 0.6) is 5.75 Å². The molecular formula is C15H10Cl4N2O2. The number of amides is 1. The smallest absolute Gasteiger partial charge is 0.277 e. The number of ether oxygens (including phenoxy) is 1. The molecule has 0 heterocycles. The molecule has 8 heteroatoms. The molecular weight excluding hydrogens is 382 g/mol. The first-order valence-corrected chi connectivity index (χ1v) is 7.82. The van der Waals surface area contributed by atoms with E-state index in [1.807, 2.05) is 6.07 Å². The number of halogens is 4. The number of hydrogen-bond acceptors (Lipinski definition) is 3. The van der Waals surface area contributed by atoms with E-state index in [-0.39, 0.29) is 22.4 Å². The van der Waals surface area contributed by atoms with Crippen LogP contribution in [0.1, 0.15) is 5.56 Å². The second-order valence-electron chi connectivity index (χ2n) is 4.30. The first-order chi connectivity index (χ1) is 11.0. The Labute approximate surface area is 152 Å². The summed E-state index contributed by atoms with van der Waals surface area (Å²) in [4.78, 5) is 11.7. The van der Waals surface area contributed by atoms with Gasteiger partial charge in [0.25, 0.3) is 5.91 Å². The largest absolute Gasteiger partial charge is 0.481 e. The van der Waals surface area contributed by atoms with E-state index in [1.54, 1.807) is 18.2 Å². The number of hydrazone groups is 1. The van der Waals surface area contributed by atoms with Gasteiger partial charge in [-0.05, 0) is 18.2 Å². The van der Waals surface area contributed by atoms with Crippen molar-refractivity contribution in [1.82, 2.24) is 5.43 Å². The number of hydrogen-bond donors (Lipinski definition) is 1. The van der Waals surface area contributed by atoms with Gasteiger partial charge in [0.2, 0.25) is 0 Å². The molecule has 0 atom stereocenters. The van der Waals surface area contributed by atoms with Crippen LogP contribution in [-0.4, -0.2) is 18.7 Å². The maximum Gasteiger partial charge on any atom is 0.277 e. The predicted molar refractivity (Wildman–Crippen MR) is 94.2 cm³/mol. The lowest BCUT2D eigenvalue weighted by molar-refractivity contribution is -0.123. The van der Waals surface area contributed by atoms with Gasteiger partial charge in [-0.25, -0.2) is 5.43 Å². The molecule has 2 aromatic carbocycles. The van der Waals surface area contributed by atoms with Crippen LogP contribution in [0.25, 0.3) is 0 Å². The molecule has 0 bridgehead atoms. The van der Waals surface area contributed by atoms with E-state index in [0.717, 1.165) is 0 Å². The topological polar surface area (TPSA) is 50.7 Å².